The molecule has 1 unspecified atom stereocenters. The predicted octanol–water partition coefficient (Wildman–Crippen LogP) is 1.38. The number of hydrogen-bond donors (Lipinski definition) is 2. The van der Waals surface area contributed by atoms with Crippen molar-refractivity contribution in [2.24, 2.45) is 11.1 Å². The number of ether oxygens (including phenoxy) is 1. The van der Waals surface area contributed by atoms with E-state index >= 15 is 0 Å². The number of aryl methyl sites for hydroxylation is 1. The van der Waals surface area contributed by atoms with Gasteiger partial charge in [0.2, 0.25) is 5.91 Å². The zero-order valence-corrected chi connectivity index (χ0v) is 12.3. The summed E-state index contributed by atoms with van der Waals surface area (Å²) >= 11 is 1.61. The van der Waals surface area contributed by atoms with Gasteiger partial charge in [-0.3, -0.25) is 4.79 Å². The molecule has 2 rings (SSSR count). The van der Waals surface area contributed by atoms with Gasteiger partial charge in [-0.15, -0.1) is 11.3 Å². The summed E-state index contributed by atoms with van der Waals surface area (Å²) in [4.78, 5) is 17.9. The minimum atomic E-state index is -0.473. The van der Waals surface area contributed by atoms with Gasteiger partial charge in [0.1, 0.15) is 5.01 Å². The molecule has 1 aromatic heterocycles. The number of nitrogens with two attached hydrogens (primary N) is 1. The van der Waals surface area contributed by atoms with Crippen molar-refractivity contribution >= 4 is 17.2 Å². The second kappa shape index (κ2) is 5.98. The molecule has 1 fully saturated rings. The van der Waals surface area contributed by atoms with E-state index in [1.54, 1.807) is 11.3 Å². The van der Waals surface area contributed by atoms with Gasteiger partial charge in [0.25, 0.3) is 0 Å². The molecule has 1 amide bonds. The van der Waals surface area contributed by atoms with Crippen molar-refractivity contribution in [2.75, 3.05) is 19.8 Å². The number of thiazole rings is 1. The van der Waals surface area contributed by atoms with Crippen LogP contribution in [0.5, 0.6) is 0 Å². The van der Waals surface area contributed by atoms with E-state index in [-0.39, 0.29) is 11.9 Å². The van der Waals surface area contributed by atoms with Gasteiger partial charge >= 0.3 is 0 Å². The van der Waals surface area contributed by atoms with Crippen LogP contribution < -0.4 is 11.1 Å². The topological polar surface area (TPSA) is 77.2 Å². The van der Waals surface area contributed by atoms with Gasteiger partial charge < -0.3 is 15.8 Å². The fourth-order valence-corrected chi connectivity index (χ4v) is 3.05. The number of rotatable bonds is 4. The van der Waals surface area contributed by atoms with Gasteiger partial charge in [0, 0.05) is 30.8 Å². The summed E-state index contributed by atoms with van der Waals surface area (Å²) in [7, 11) is 0. The molecular weight excluding hydrogens is 262 g/mol. The number of nitrogens with one attached hydrogen (secondary N) is 1. The van der Waals surface area contributed by atoms with Crippen LogP contribution in [0, 0.1) is 12.3 Å². The number of hydrogen-bond acceptors (Lipinski definition) is 5. The van der Waals surface area contributed by atoms with Crippen molar-refractivity contribution in [3.63, 3.8) is 0 Å². The van der Waals surface area contributed by atoms with E-state index in [0.717, 1.165) is 9.88 Å². The third-order valence-electron chi connectivity index (χ3n) is 3.68. The molecular formula is C13H21N3O2S. The van der Waals surface area contributed by atoms with Crippen LogP contribution in [0.3, 0.4) is 0 Å². The highest BCUT2D eigenvalue weighted by Crippen LogP contribution is 2.30. The maximum absolute atomic E-state index is 12.5. The molecule has 2 heterocycles. The molecule has 19 heavy (non-hydrogen) atoms. The third-order valence-corrected chi connectivity index (χ3v) is 4.77. The van der Waals surface area contributed by atoms with Crippen LogP contribution in [0.15, 0.2) is 6.20 Å². The van der Waals surface area contributed by atoms with Crippen LogP contribution in [0.4, 0.5) is 0 Å². The lowest BCUT2D eigenvalue weighted by Crippen LogP contribution is -2.49. The summed E-state index contributed by atoms with van der Waals surface area (Å²) in [5, 5.41) is 3.98. The van der Waals surface area contributed by atoms with Crippen molar-refractivity contribution in [3.8, 4) is 0 Å². The smallest absolute Gasteiger partial charge is 0.228 e. The molecule has 1 aliphatic heterocycles. The Bertz CT molecular complexity index is 441. The second-order valence-corrected chi connectivity index (χ2v) is 6.37. The van der Waals surface area contributed by atoms with Crippen LogP contribution in [-0.2, 0) is 9.53 Å². The molecule has 106 valence electrons. The molecule has 0 saturated carbocycles. The Morgan fingerprint density at radius 3 is 2.84 bits per heavy atom. The predicted molar refractivity (Wildman–Crippen MR) is 74.9 cm³/mol. The van der Waals surface area contributed by atoms with Gasteiger partial charge in [-0.05, 0) is 26.7 Å². The lowest BCUT2D eigenvalue weighted by atomic mass is 9.79. The maximum atomic E-state index is 12.5. The molecule has 1 saturated heterocycles. The van der Waals surface area contributed by atoms with Gasteiger partial charge in [-0.2, -0.15) is 0 Å². The Morgan fingerprint density at radius 1 is 1.63 bits per heavy atom. The minimum absolute atomic E-state index is 0.0265. The molecule has 0 aliphatic carbocycles. The zero-order chi connectivity index (χ0) is 13.9. The number of amides is 1. The van der Waals surface area contributed by atoms with Crippen LogP contribution in [0.1, 0.15) is 35.7 Å². The highest BCUT2D eigenvalue weighted by atomic mass is 32.1. The number of nitrogens with zero attached hydrogens (tertiary/aromatic N) is 1. The maximum Gasteiger partial charge on any atom is 0.228 e. The average molecular weight is 283 g/mol. The Hall–Kier alpha value is -0.980. The fraction of sp³-hybridized carbons (Fsp3) is 0.692. The lowest BCUT2D eigenvalue weighted by Gasteiger charge is -2.35. The summed E-state index contributed by atoms with van der Waals surface area (Å²) < 4.78 is 5.32. The second-order valence-electron chi connectivity index (χ2n) is 5.10. The van der Waals surface area contributed by atoms with Crippen molar-refractivity contribution in [2.45, 2.75) is 32.7 Å². The zero-order valence-electron chi connectivity index (χ0n) is 11.4. The molecule has 6 heteroatoms. The highest BCUT2D eigenvalue weighted by Gasteiger charge is 2.39. The standard InChI is InChI=1S/C13H21N3O2S/c1-9-7-15-11(19-9)10(2)16-12(17)13(8-14)3-5-18-6-4-13/h7,10H,3-6,8,14H2,1-2H3,(H,16,17). The third kappa shape index (κ3) is 3.13. The first-order chi connectivity index (χ1) is 9.07. The molecule has 0 radical (unpaired) electrons. The monoisotopic (exact) mass is 283 g/mol. The molecule has 1 atom stereocenters. The van der Waals surface area contributed by atoms with E-state index in [2.05, 4.69) is 10.3 Å². The molecule has 5 nitrogen and oxygen atoms in total. The summed E-state index contributed by atoms with van der Waals surface area (Å²) in [6.07, 6.45) is 3.22. The van der Waals surface area contributed by atoms with Crippen molar-refractivity contribution < 1.29 is 9.53 Å². The Balaban J connectivity index is 2.03. The highest BCUT2D eigenvalue weighted by molar-refractivity contribution is 7.11. The number of carbonyl (C=O) groups excluding carboxylic acids is 1. The van der Waals surface area contributed by atoms with Gasteiger partial charge in [-0.25, -0.2) is 4.98 Å². The SMILES string of the molecule is Cc1cnc(C(C)NC(=O)C2(CN)CCOCC2)s1. The molecule has 0 bridgehead atoms. The number of carbonyl (C=O) groups is 1. The Kier molecular flexibility index (Phi) is 4.54. The molecule has 3 N–H and O–H groups in total. The van der Waals surface area contributed by atoms with Crippen molar-refractivity contribution in [1.29, 1.82) is 0 Å². The van der Waals surface area contributed by atoms with Gasteiger partial charge in [0.15, 0.2) is 0 Å². The van der Waals surface area contributed by atoms with E-state index in [9.17, 15) is 4.79 Å². The average Bonchev–Trinajstić information content (AvgIpc) is 2.86. The quantitative estimate of drug-likeness (QED) is 0.875. The van der Waals surface area contributed by atoms with Crippen LogP contribution in [0.2, 0.25) is 0 Å². The largest absolute Gasteiger partial charge is 0.381 e. The first-order valence-electron chi connectivity index (χ1n) is 6.58. The molecule has 0 aromatic carbocycles. The molecule has 1 aromatic rings. The summed E-state index contributed by atoms with van der Waals surface area (Å²) in [5.41, 5.74) is 5.35. The van der Waals surface area contributed by atoms with Crippen LogP contribution in [0.25, 0.3) is 0 Å². The Labute approximate surface area is 117 Å². The number of aromatic nitrogens is 1. The molecule has 0 spiro atoms. The lowest BCUT2D eigenvalue weighted by molar-refractivity contribution is -0.136. The van der Waals surface area contributed by atoms with Crippen LogP contribution >= 0.6 is 11.3 Å². The van der Waals surface area contributed by atoms with E-state index in [1.165, 1.54) is 0 Å². The first kappa shape index (κ1) is 14.4. The van der Waals surface area contributed by atoms with E-state index in [4.69, 9.17) is 10.5 Å². The normalized spacial score (nSPS) is 19.9. The molecule has 1 aliphatic rings. The van der Waals surface area contributed by atoms with Crippen molar-refractivity contribution in [1.82, 2.24) is 10.3 Å². The summed E-state index contributed by atoms with van der Waals surface area (Å²) in [6.45, 7) is 5.55. The minimum Gasteiger partial charge on any atom is -0.381 e. The Morgan fingerprint density at radius 2 is 2.32 bits per heavy atom. The van der Waals surface area contributed by atoms with Crippen molar-refractivity contribution in [3.05, 3.63) is 16.1 Å². The summed E-state index contributed by atoms with van der Waals surface area (Å²) in [5.74, 6) is 0.0265. The van der Waals surface area contributed by atoms with Gasteiger partial charge in [-0.1, -0.05) is 0 Å². The summed E-state index contributed by atoms with van der Waals surface area (Å²) in [6, 6.07) is -0.0718. The van der Waals surface area contributed by atoms with E-state index < -0.39 is 5.41 Å². The first-order valence-corrected chi connectivity index (χ1v) is 7.40. The van der Waals surface area contributed by atoms with Crippen LogP contribution in [-0.4, -0.2) is 30.6 Å². The van der Waals surface area contributed by atoms with Gasteiger partial charge in [0.05, 0.1) is 11.5 Å². The fourth-order valence-electron chi connectivity index (χ4n) is 2.27. The van der Waals surface area contributed by atoms with E-state index in [0.29, 0.717) is 32.6 Å². The van der Waals surface area contributed by atoms with E-state index in [1.807, 2.05) is 20.0 Å².